The van der Waals surface area contributed by atoms with Gasteiger partial charge in [0, 0.05) is 5.02 Å². The van der Waals surface area contributed by atoms with E-state index in [-0.39, 0.29) is 11.4 Å². The molecule has 0 spiro atoms. The van der Waals surface area contributed by atoms with Crippen LogP contribution in [0.25, 0.3) is 0 Å². The number of methoxy groups -OCH3 is 1. The molecule has 0 radical (unpaired) electrons. The summed E-state index contributed by atoms with van der Waals surface area (Å²) in [5.41, 5.74) is 2.49. The molecule has 3 aromatic rings. The predicted octanol–water partition coefficient (Wildman–Crippen LogP) is 4.73. The zero-order valence-electron chi connectivity index (χ0n) is 17.2. The van der Waals surface area contributed by atoms with Crippen molar-refractivity contribution in [2.45, 2.75) is 17.9 Å². The van der Waals surface area contributed by atoms with Crippen LogP contribution in [0, 0.1) is 6.92 Å². The molecule has 0 aliphatic rings. The van der Waals surface area contributed by atoms with E-state index in [9.17, 15) is 8.42 Å². The molecule has 0 aliphatic carbocycles. The second kappa shape index (κ2) is 10.4. The number of nitrogens with zero attached hydrogens (tertiary/aromatic N) is 1. The number of nitrogens with one attached hydrogen (secondary N) is 1. The molecule has 0 bridgehead atoms. The molecule has 0 aromatic heterocycles. The van der Waals surface area contributed by atoms with Crippen molar-refractivity contribution in [2.75, 3.05) is 13.7 Å². The van der Waals surface area contributed by atoms with E-state index >= 15 is 0 Å². The topological polar surface area (TPSA) is 77.0 Å². The molecular weight excluding hydrogens is 436 g/mol. The third-order valence-corrected chi connectivity index (χ3v) is 6.19. The van der Waals surface area contributed by atoms with Crippen LogP contribution in [0.5, 0.6) is 5.75 Å². The highest BCUT2D eigenvalue weighted by molar-refractivity contribution is 7.89. The van der Waals surface area contributed by atoms with Crippen molar-refractivity contribution in [2.24, 2.45) is 5.16 Å². The van der Waals surface area contributed by atoms with Gasteiger partial charge in [-0.05, 0) is 66.6 Å². The summed E-state index contributed by atoms with van der Waals surface area (Å²) in [6.45, 7) is 1.88. The van der Waals surface area contributed by atoms with Gasteiger partial charge in [-0.2, -0.15) is 0 Å². The molecule has 0 aliphatic heterocycles. The van der Waals surface area contributed by atoms with Crippen LogP contribution in [-0.2, 0) is 14.9 Å². The molecule has 3 rings (SSSR count). The van der Waals surface area contributed by atoms with Gasteiger partial charge in [0.2, 0.25) is 10.0 Å². The van der Waals surface area contributed by atoms with Crippen molar-refractivity contribution >= 4 is 27.8 Å². The first-order chi connectivity index (χ1) is 14.9. The van der Waals surface area contributed by atoms with Crippen molar-refractivity contribution in [1.82, 2.24) is 4.72 Å². The van der Waals surface area contributed by atoms with E-state index in [4.69, 9.17) is 21.2 Å². The largest absolute Gasteiger partial charge is 0.497 e. The molecule has 0 amide bonds. The number of hydrogen-bond donors (Lipinski definition) is 1. The number of rotatable bonds is 9. The van der Waals surface area contributed by atoms with E-state index in [2.05, 4.69) is 9.88 Å². The first-order valence-electron chi connectivity index (χ1n) is 9.52. The lowest BCUT2D eigenvalue weighted by Gasteiger charge is -2.17. The summed E-state index contributed by atoms with van der Waals surface area (Å²) in [5.74, 6) is 0.736. The lowest BCUT2D eigenvalue weighted by Crippen LogP contribution is -2.29. The van der Waals surface area contributed by atoms with Crippen LogP contribution >= 0.6 is 11.6 Å². The number of halogens is 1. The number of benzene rings is 3. The fourth-order valence-electron chi connectivity index (χ4n) is 2.76. The molecule has 0 fully saturated rings. The SMILES string of the molecule is COc1ccc(/C=N/OC(CNS(=O)(=O)c2ccc(C)cc2)c2cccc(Cl)c2)cc1. The molecule has 31 heavy (non-hydrogen) atoms. The molecule has 0 heterocycles. The predicted molar refractivity (Wildman–Crippen MR) is 122 cm³/mol. The average molecular weight is 459 g/mol. The highest BCUT2D eigenvalue weighted by atomic mass is 35.5. The van der Waals surface area contributed by atoms with Gasteiger partial charge in [0.05, 0.1) is 24.8 Å². The Balaban J connectivity index is 1.74. The Morgan fingerprint density at radius 1 is 1.06 bits per heavy atom. The van der Waals surface area contributed by atoms with Crippen molar-refractivity contribution in [3.05, 3.63) is 94.5 Å². The van der Waals surface area contributed by atoms with Gasteiger partial charge in [0.1, 0.15) is 5.75 Å². The highest BCUT2D eigenvalue weighted by Crippen LogP contribution is 2.22. The Morgan fingerprint density at radius 2 is 1.77 bits per heavy atom. The van der Waals surface area contributed by atoms with E-state index in [1.807, 2.05) is 31.2 Å². The third-order valence-electron chi connectivity index (χ3n) is 4.52. The van der Waals surface area contributed by atoms with Gasteiger partial charge in [-0.1, -0.05) is 46.6 Å². The quantitative estimate of drug-likeness (QED) is 0.371. The average Bonchev–Trinajstić information content (AvgIpc) is 2.77. The van der Waals surface area contributed by atoms with Crippen LogP contribution in [0.2, 0.25) is 5.02 Å². The fraction of sp³-hybridized carbons (Fsp3) is 0.174. The Hall–Kier alpha value is -2.87. The minimum atomic E-state index is -3.70. The maximum atomic E-state index is 12.7. The summed E-state index contributed by atoms with van der Waals surface area (Å²) in [6.07, 6.45) is 0.874. The van der Waals surface area contributed by atoms with Crippen LogP contribution in [-0.4, -0.2) is 28.3 Å². The minimum absolute atomic E-state index is 0.0174. The number of hydrogen-bond acceptors (Lipinski definition) is 5. The van der Waals surface area contributed by atoms with Crippen LogP contribution < -0.4 is 9.46 Å². The first kappa shape index (κ1) is 22.8. The monoisotopic (exact) mass is 458 g/mol. The Kier molecular flexibility index (Phi) is 7.68. The molecule has 0 saturated carbocycles. The fourth-order valence-corrected chi connectivity index (χ4v) is 3.99. The Labute approximate surface area is 187 Å². The normalized spacial score (nSPS) is 12.6. The molecule has 6 nitrogen and oxygen atoms in total. The standard InChI is InChI=1S/C23H23ClN2O4S/c1-17-6-12-22(13-7-17)31(27,28)26-16-23(19-4-3-5-20(24)14-19)30-25-15-18-8-10-21(29-2)11-9-18/h3-15,23,26H,16H2,1-2H3/b25-15+. The van der Waals surface area contributed by atoms with Gasteiger partial charge in [-0.3, -0.25) is 0 Å². The van der Waals surface area contributed by atoms with E-state index in [0.29, 0.717) is 10.6 Å². The molecule has 0 saturated heterocycles. The van der Waals surface area contributed by atoms with E-state index < -0.39 is 16.1 Å². The van der Waals surface area contributed by atoms with E-state index in [1.54, 1.807) is 61.9 Å². The maximum Gasteiger partial charge on any atom is 0.240 e. The van der Waals surface area contributed by atoms with Crippen molar-refractivity contribution < 1.29 is 18.0 Å². The molecule has 3 aromatic carbocycles. The summed E-state index contributed by atoms with van der Waals surface area (Å²) in [5, 5.41) is 4.56. The zero-order valence-corrected chi connectivity index (χ0v) is 18.7. The number of aryl methyl sites for hydroxylation is 1. The summed E-state index contributed by atoms with van der Waals surface area (Å²) in [4.78, 5) is 5.83. The summed E-state index contributed by atoms with van der Waals surface area (Å²) in [6, 6.07) is 20.9. The molecule has 1 unspecified atom stereocenters. The lowest BCUT2D eigenvalue weighted by molar-refractivity contribution is 0.0634. The van der Waals surface area contributed by atoms with Gasteiger partial charge in [0.25, 0.3) is 0 Å². The van der Waals surface area contributed by atoms with E-state index in [0.717, 1.165) is 16.9 Å². The van der Waals surface area contributed by atoms with Gasteiger partial charge in [-0.25, -0.2) is 13.1 Å². The second-order valence-electron chi connectivity index (χ2n) is 6.82. The van der Waals surface area contributed by atoms with Crippen LogP contribution in [0.3, 0.4) is 0 Å². The van der Waals surface area contributed by atoms with Crippen molar-refractivity contribution in [3.63, 3.8) is 0 Å². The molecular formula is C23H23ClN2O4S. The molecule has 1 N–H and O–H groups in total. The van der Waals surface area contributed by atoms with Gasteiger partial charge in [0.15, 0.2) is 6.10 Å². The number of ether oxygens (including phenoxy) is 1. The third kappa shape index (κ3) is 6.55. The molecule has 162 valence electrons. The lowest BCUT2D eigenvalue weighted by atomic mass is 10.1. The number of oxime groups is 1. The minimum Gasteiger partial charge on any atom is -0.497 e. The second-order valence-corrected chi connectivity index (χ2v) is 9.03. The maximum absolute atomic E-state index is 12.7. The van der Waals surface area contributed by atoms with E-state index in [1.165, 1.54) is 0 Å². The Bertz CT molecular complexity index is 1130. The zero-order chi connectivity index (χ0) is 22.3. The first-order valence-corrected chi connectivity index (χ1v) is 11.4. The smallest absolute Gasteiger partial charge is 0.240 e. The van der Waals surface area contributed by atoms with Crippen molar-refractivity contribution in [1.29, 1.82) is 0 Å². The van der Waals surface area contributed by atoms with Gasteiger partial charge in [-0.15, -0.1) is 0 Å². The molecule has 1 atom stereocenters. The highest BCUT2D eigenvalue weighted by Gasteiger charge is 2.19. The van der Waals surface area contributed by atoms with Crippen LogP contribution in [0.4, 0.5) is 0 Å². The summed E-state index contributed by atoms with van der Waals surface area (Å²) in [7, 11) is -2.11. The van der Waals surface area contributed by atoms with Crippen LogP contribution in [0.1, 0.15) is 22.8 Å². The summed E-state index contributed by atoms with van der Waals surface area (Å²) >= 11 is 6.10. The Morgan fingerprint density at radius 3 is 2.42 bits per heavy atom. The van der Waals surface area contributed by atoms with Crippen molar-refractivity contribution in [3.8, 4) is 5.75 Å². The van der Waals surface area contributed by atoms with Gasteiger partial charge < -0.3 is 9.57 Å². The van der Waals surface area contributed by atoms with Gasteiger partial charge >= 0.3 is 0 Å². The van der Waals surface area contributed by atoms with Crippen LogP contribution in [0.15, 0.2) is 82.8 Å². The summed E-state index contributed by atoms with van der Waals surface area (Å²) < 4.78 is 33.0. The molecule has 8 heteroatoms. The number of sulfonamides is 1.